The topological polar surface area (TPSA) is 12.4 Å². The van der Waals surface area contributed by atoms with Gasteiger partial charge in [0.05, 0.1) is 5.70 Å². The summed E-state index contributed by atoms with van der Waals surface area (Å²) in [5.74, 6) is 0.731. The van der Waals surface area contributed by atoms with Crippen molar-refractivity contribution in [2.45, 2.75) is 39.8 Å². The summed E-state index contributed by atoms with van der Waals surface area (Å²) >= 11 is 0. The maximum Gasteiger partial charge on any atom is 0.413 e. The first-order valence-corrected chi connectivity index (χ1v) is 6.44. The molecular formula is C15H18F3N. The molecule has 0 aromatic carbocycles. The molecule has 1 aliphatic carbocycles. The van der Waals surface area contributed by atoms with Crippen molar-refractivity contribution in [3.05, 3.63) is 35.1 Å². The van der Waals surface area contributed by atoms with E-state index in [0.29, 0.717) is 23.1 Å². The molecule has 2 aliphatic rings. The van der Waals surface area contributed by atoms with Gasteiger partial charge in [0.2, 0.25) is 0 Å². The molecule has 19 heavy (non-hydrogen) atoms. The minimum atomic E-state index is -4.29. The molecule has 0 radical (unpaired) electrons. The van der Waals surface area contributed by atoms with Crippen LogP contribution in [-0.2, 0) is 0 Å². The zero-order valence-electron chi connectivity index (χ0n) is 11.4. The second-order valence-electron chi connectivity index (χ2n) is 5.62. The van der Waals surface area contributed by atoms with Gasteiger partial charge < -0.3 is 0 Å². The van der Waals surface area contributed by atoms with Crippen LogP contribution in [0.3, 0.4) is 0 Å². The van der Waals surface area contributed by atoms with Gasteiger partial charge in [-0.15, -0.1) is 0 Å². The van der Waals surface area contributed by atoms with E-state index >= 15 is 0 Å². The average molecular weight is 269 g/mol. The number of hydrogen-bond acceptors (Lipinski definition) is 1. The first-order valence-electron chi connectivity index (χ1n) is 6.44. The number of hydrogen-bond donors (Lipinski definition) is 0. The van der Waals surface area contributed by atoms with Crippen LogP contribution in [0.4, 0.5) is 13.2 Å². The summed E-state index contributed by atoms with van der Waals surface area (Å²) in [6, 6.07) is 0. The van der Waals surface area contributed by atoms with Crippen molar-refractivity contribution >= 4 is 5.71 Å². The van der Waals surface area contributed by atoms with E-state index < -0.39 is 11.7 Å². The molecule has 2 rings (SSSR count). The number of rotatable bonds is 1. The van der Waals surface area contributed by atoms with Crippen molar-refractivity contribution in [2.24, 2.45) is 16.8 Å². The van der Waals surface area contributed by atoms with Crippen LogP contribution in [0.5, 0.6) is 0 Å². The number of alkyl halides is 3. The van der Waals surface area contributed by atoms with Crippen LogP contribution in [0, 0.1) is 11.8 Å². The van der Waals surface area contributed by atoms with Gasteiger partial charge in [-0.25, -0.2) is 0 Å². The van der Waals surface area contributed by atoms with E-state index in [1.165, 1.54) is 6.08 Å². The lowest BCUT2D eigenvalue weighted by molar-refractivity contribution is -0.0933. The highest BCUT2D eigenvalue weighted by atomic mass is 19.4. The summed E-state index contributed by atoms with van der Waals surface area (Å²) in [7, 11) is 0. The fraction of sp³-hybridized carbons (Fsp3) is 0.533. The summed E-state index contributed by atoms with van der Waals surface area (Å²) in [5, 5.41) is 0. The van der Waals surface area contributed by atoms with Crippen LogP contribution in [0.1, 0.15) is 33.6 Å². The van der Waals surface area contributed by atoms with Gasteiger partial charge in [0.15, 0.2) is 0 Å². The Kier molecular flexibility index (Phi) is 3.45. The highest BCUT2D eigenvalue weighted by Crippen LogP contribution is 2.42. The minimum Gasteiger partial charge on any atom is -0.258 e. The third-order valence-corrected chi connectivity index (χ3v) is 3.88. The Morgan fingerprint density at radius 3 is 2.53 bits per heavy atom. The van der Waals surface area contributed by atoms with Crippen molar-refractivity contribution in [1.82, 2.24) is 0 Å². The zero-order valence-corrected chi connectivity index (χ0v) is 11.4. The molecule has 0 saturated heterocycles. The van der Waals surface area contributed by atoms with Crippen molar-refractivity contribution in [2.75, 3.05) is 0 Å². The lowest BCUT2D eigenvalue weighted by atomic mass is 9.78. The fourth-order valence-corrected chi connectivity index (χ4v) is 2.71. The molecule has 1 aliphatic heterocycles. The van der Waals surface area contributed by atoms with E-state index in [1.807, 2.05) is 6.92 Å². The second-order valence-corrected chi connectivity index (χ2v) is 5.62. The third kappa shape index (κ3) is 2.67. The highest BCUT2D eigenvalue weighted by Gasteiger charge is 2.38. The number of nitrogens with zero attached hydrogens (tertiary/aromatic N) is 1. The minimum absolute atomic E-state index is 0.109. The third-order valence-electron chi connectivity index (χ3n) is 3.88. The van der Waals surface area contributed by atoms with Crippen molar-refractivity contribution in [3.8, 4) is 0 Å². The van der Waals surface area contributed by atoms with E-state index in [1.54, 1.807) is 0 Å². The molecule has 104 valence electrons. The predicted molar refractivity (Wildman–Crippen MR) is 71.0 cm³/mol. The molecule has 0 saturated carbocycles. The molecule has 0 aromatic rings. The van der Waals surface area contributed by atoms with Gasteiger partial charge in [-0.3, -0.25) is 4.99 Å². The largest absolute Gasteiger partial charge is 0.413 e. The molecule has 0 amide bonds. The lowest BCUT2D eigenvalue weighted by Gasteiger charge is -2.31. The monoisotopic (exact) mass is 269 g/mol. The van der Waals surface area contributed by atoms with Gasteiger partial charge in [0.25, 0.3) is 0 Å². The Morgan fingerprint density at radius 2 is 2.00 bits per heavy atom. The summed E-state index contributed by atoms with van der Waals surface area (Å²) in [4.78, 5) is 4.38. The van der Waals surface area contributed by atoms with Crippen molar-refractivity contribution in [3.63, 3.8) is 0 Å². The van der Waals surface area contributed by atoms with E-state index in [-0.39, 0.29) is 6.42 Å². The van der Waals surface area contributed by atoms with Crippen LogP contribution in [0.25, 0.3) is 0 Å². The van der Waals surface area contributed by atoms with Crippen LogP contribution < -0.4 is 0 Å². The average Bonchev–Trinajstić information content (AvgIpc) is 2.26. The molecule has 0 bridgehead atoms. The molecule has 1 nitrogen and oxygen atoms in total. The number of halogens is 3. The summed E-state index contributed by atoms with van der Waals surface area (Å²) in [5.41, 5.74) is 2.29. The predicted octanol–water partition coefficient (Wildman–Crippen LogP) is 4.83. The molecule has 1 heterocycles. The smallest absolute Gasteiger partial charge is 0.258 e. The summed E-state index contributed by atoms with van der Waals surface area (Å²) in [6.07, 6.45) is -2.46. The number of aliphatic imine (C=N–C) groups is 1. The quantitative estimate of drug-likeness (QED) is 0.646. The molecule has 0 spiro atoms. The summed E-state index contributed by atoms with van der Waals surface area (Å²) in [6.45, 7) is 9.93. The van der Waals surface area contributed by atoms with E-state index in [9.17, 15) is 13.2 Å². The van der Waals surface area contributed by atoms with Gasteiger partial charge in [0, 0.05) is 23.6 Å². The van der Waals surface area contributed by atoms with E-state index in [2.05, 4.69) is 25.4 Å². The zero-order chi connectivity index (χ0) is 14.4. The van der Waals surface area contributed by atoms with Gasteiger partial charge in [0.1, 0.15) is 0 Å². The maximum atomic E-state index is 12.8. The Labute approximate surface area is 111 Å². The Morgan fingerprint density at radius 1 is 1.37 bits per heavy atom. The molecule has 1 atom stereocenters. The number of allylic oxidation sites excluding steroid dienone is 4. The molecular weight excluding hydrogens is 251 g/mol. The first kappa shape index (κ1) is 14.1. The van der Waals surface area contributed by atoms with Crippen LogP contribution in [0.2, 0.25) is 0 Å². The molecule has 0 aromatic heterocycles. The lowest BCUT2D eigenvalue weighted by Crippen LogP contribution is -2.25. The first-order chi connectivity index (χ1) is 8.70. The van der Waals surface area contributed by atoms with Crippen molar-refractivity contribution < 1.29 is 13.2 Å². The molecule has 0 fully saturated rings. The van der Waals surface area contributed by atoms with E-state index in [0.717, 1.165) is 17.7 Å². The molecule has 0 N–H and O–H groups in total. The molecule has 1 unspecified atom stereocenters. The van der Waals surface area contributed by atoms with Crippen LogP contribution in [-0.4, -0.2) is 11.9 Å². The SMILES string of the molecule is C=C1CC(C(F)(F)F)=CC2=C1CC(C(C)C)C(C)=N2. The Hall–Kier alpha value is -1.32. The van der Waals surface area contributed by atoms with Crippen LogP contribution in [0.15, 0.2) is 40.1 Å². The van der Waals surface area contributed by atoms with Gasteiger partial charge in [-0.05, 0) is 36.5 Å². The van der Waals surface area contributed by atoms with Gasteiger partial charge >= 0.3 is 6.18 Å². The summed E-state index contributed by atoms with van der Waals surface area (Å²) < 4.78 is 38.4. The highest BCUT2D eigenvalue weighted by molar-refractivity contribution is 5.88. The molecule has 4 heteroatoms. The van der Waals surface area contributed by atoms with Crippen molar-refractivity contribution in [1.29, 1.82) is 0 Å². The van der Waals surface area contributed by atoms with Gasteiger partial charge in [-0.2, -0.15) is 13.2 Å². The standard InChI is InChI=1S/C15H18F3N/c1-8(2)12-7-13-9(3)5-11(15(16,17)18)6-14(13)19-10(12)4/h6,8,12H,3,5,7H2,1-2,4H3. The normalized spacial score (nSPS) is 24.4. The second kappa shape index (κ2) is 4.66. The Bertz CT molecular complexity index is 504. The van der Waals surface area contributed by atoms with Gasteiger partial charge in [-0.1, -0.05) is 20.4 Å². The van der Waals surface area contributed by atoms with Crippen LogP contribution >= 0.6 is 0 Å². The Balaban J connectivity index is 2.41. The fourth-order valence-electron chi connectivity index (χ4n) is 2.71. The van der Waals surface area contributed by atoms with E-state index in [4.69, 9.17) is 0 Å². The maximum absolute atomic E-state index is 12.8.